The standard InChI is InChI=1S/C20H18ClN3O2S/c1-26-17-4-2-3-14(11-17)12-22-19(25)13-27-20-10-9-18(23-24-20)15-5-7-16(21)8-6-15/h2-11H,12-13H2,1H3,(H,22,25). The number of hydrogen-bond acceptors (Lipinski definition) is 5. The number of nitrogens with one attached hydrogen (secondary N) is 1. The first-order valence-corrected chi connectivity index (χ1v) is 9.62. The maximum Gasteiger partial charge on any atom is 0.230 e. The van der Waals surface area contributed by atoms with Gasteiger partial charge in [-0.15, -0.1) is 10.2 Å². The maximum atomic E-state index is 12.0. The van der Waals surface area contributed by atoms with Crippen LogP contribution in [0.15, 0.2) is 65.7 Å². The molecule has 0 aliphatic rings. The average molecular weight is 400 g/mol. The van der Waals surface area contributed by atoms with Crippen LogP contribution in [0, 0.1) is 0 Å². The number of nitrogens with zero attached hydrogens (tertiary/aromatic N) is 2. The summed E-state index contributed by atoms with van der Waals surface area (Å²) < 4.78 is 5.18. The minimum absolute atomic E-state index is 0.0635. The molecule has 2 aromatic carbocycles. The molecule has 1 N–H and O–H groups in total. The number of amides is 1. The summed E-state index contributed by atoms with van der Waals surface area (Å²) in [7, 11) is 1.62. The van der Waals surface area contributed by atoms with Crippen molar-refractivity contribution in [2.75, 3.05) is 12.9 Å². The number of carbonyl (C=O) groups is 1. The van der Waals surface area contributed by atoms with Gasteiger partial charge >= 0.3 is 0 Å². The Hall–Kier alpha value is -2.57. The van der Waals surface area contributed by atoms with Crippen LogP contribution in [-0.2, 0) is 11.3 Å². The fourth-order valence-electron chi connectivity index (χ4n) is 2.35. The van der Waals surface area contributed by atoms with Gasteiger partial charge in [-0.1, -0.05) is 47.6 Å². The zero-order valence-electron chi connectivity index (χ0n) is 14.7. The molecule has 0 saturated heterocycles. The largest absolute Gasteiger partial charge is 0.497 e. The van der Waals surface area contributed by atoms with Crippen molar-refractivity contribution in [2.45, 2.75) is 11.6 Å². The molecule has 27 heavy (non-hydrogen) atoms. The van der Waals surface area contributed by atoms with Gasteiger partial charge in [0.25, 0.3) is 0 Å². The summed E-state index contributed by atoms with van der Waals surface area (Å²) in [6.45, 7) is 0.456. The third-order valence-corrected chi connectivity index (χ3v) is 4.93. The van der Waals surface area contributed by atoms with Crippen LogP contribution < -0.4 is 10.1 Å². The summed E-state index contributed by atoms with van der Waals surface area (Å²) in [6, 6.07) is 18.8. The second-order valence-electron chi connectivity index (χ2n) is 5.68. The summed E-state index contributed by atoms with van der Waals surface area (Å²) in [5.74, 6) is 0.984. The number of halogens is 1. The Labute approximate surface area is 167 Å². The number of hydrogen-bond donors (Lipinski definition) is 1. The van der Waals surface area contributed by atoms with Gasteiger partial charge in [-0.25, -0.2) is 0 Å². The second kappa shape index (κ2) is 9.39. The highest BCUT2D eigenvalue weighted by molar-refractivity contribution is 7.99. The maximum absolute atomic E-state index is 12.0. The third-order valence-electron chi connectivity index (χ3n) is 3.76. The van der Waals surface area contributed by atoms with Crippen LogP contribution in [0.5, 0.6) is 5.75 Å². The topological polar surface area (TPSA) is 64.1 Å². The monoisotopic (exact) mass is 399 g/mol. The SMILES string of the molecule is COc1cccc(CNC(=O)CSc2ccc(-c3ccc(Cl)cc3)nn2)c1. The zero-order chi connectivity index (χ0) is 19.1. The van der Waals surface area contributed by atoms with Crippen molar-refractivity contribution >= 4 is 29.3 Å². The normalized spacial score (nSPS) is 10.4. The fourth-order valence-corrected chi connectivity index (χ4v) is 3.12. The lowest BCUT2D eigenvalue weighted by molar-refractivity contribution is -0.118. The van der Waals surface area contributed by atoms with Gasteiger partial charge in [0.05, 0.1) is 18.6 Å². The van der Waals surface area contributed by atoms with E-state index in [1.54, 1.807) is 7.11 Å². The molecule has 0 aliphatic heterocycles. The molecular formula is C20H18ClN3O2S. The molecule has 3 aromatic rings. The number of benzene rings is 2. The van der Waals surface area contributed by atoms with E-state index in [2.05, 4.69) is 15.5 Å². The van der Waals surface area contributed by atoms with Crippen LogP contribution in [0.25, 0.3) is 11.3 Å². The first-order chi connectivity index (χ1) is 13.1. The Morgan fingerprint density at radius 1 is 1.11 bits per heavy atom. The van der Waals surface area contributed by atoms with E-state index in [1.807, 2.05) is 60.7 Å². The van der Waals surface area contributed by atoms with Crippen molar-refractivity contribution in [3.63, 3.8) is 0 Å². The Bertz CT molecular complexity index is 902. The molecule has 0 bridgehead atoms. The van der Waals surface area contributed by atoms with Crippen molar-refractivity contribution in [3.05, 3.63) is 71.2 Å². The average Bonchev–Trinajstić information content (AvgIpc) is 2.72. The number of aromatic nitrogens is 2. The molecule has 0 spiro atoms. The van der Waals surface area contributed by atoms with Crippen molar-refractivity contribution in [2.24, 2.45) is 0 Å². The third kappa shape index (κ3) is 5.70. The van der Waals surface area contributed by atoms with Crippen molar-refractivity contribution < 1.29 is 9.53 Å². The van der Waals surface area contributed by atoms with E-state index in [0.29, 0.717) is 16.6 Å². The minimum atomic E-state index is -0.0635. The lowest BCUT2D eigenvalue weighted by Crippen LogP contribution is -2.24. The second-order valence-corrected chi connectivity index (χ2v) is 7.11. The molecule has 0 aliphatic carbocycles. The summed E-state index contributed by atoms with van der Waals surface area (Å²) in [5, 5.41) is 12.6. The highest BCUT2D eigenvalue weighted by Gasteiger charge is 2.06. The molecule has 3 rings (SSSR count). The molecule has 1 heterocycles. The minimum Gasteiger partial charge on any atom is -0.497 e. The summed E-state index contributed by atoms with van der Waals surface area (Å²) in [6.07, 6.45) is 0. The Morgan fingerprint density at radius 2 is 1.93 bits per heavy atom. The number of rotatable bonds is 7. The molecule has 0 radical (unpaired) electrons. The van der Waals surface area contributed by atoms with Gasteiger partial charge < -0.3 is 10.1 Å². The van der Waals surface area contributed by atoms with Gasteiger partial charge in [0.1, 0.15) is 10.8 Å². The van der Waals surface area contributed by atoms with Crippen LogP contribution in [0.4, 0.5) is 0 Å². The molecule has 5 nitrogen and oxygen atoms in total. The molecule has 7 heteroatoms. The lowest BCUT2D eigenvalue weighted by atomic mass is 10.1. The number of ether oxygens (including phenoxy) is 1. The van der Waals surface area contributed by atoms with Gasteiger partial charge in [-0.05, 0) is 42.0 Å². The van der Waals surface area contributed by atoms with Crippen molar-refractivity contribution in [1.82, 2.24) is 15.5 Å². The van der Waals surface area contributed by atoms with Crippen molar-refractivity contribution in [3.8, 4) is 17.0 Å². The first-order valence-electron chi connectivity index (χ1n) is 8.26. The zero-order valence-corrected chi connectivity index (χ0v) is 16.3. The van der Waals surface area contributed by atoms with Gasteiger partial charge in [-0.3, -0.25) is 4.79 Å². The molecular weight excluding hydrogens is 382 g/mol. The van der Waals surface area contributed by atoms with E-state index in [1.165, 1.54) is 11.8 Å². The highest BCUT2D eigenvalue weighted by Crippen LogP contribution is 2.21. The lowest BCUT2D eigenvalue weighted by Gasteiger charge is -2.07. The molecule has 0 fully saturated rings. The highest BCUT2D eigenvalue weighted by atomic mass is 35.5. The molecule has 1 aromatic heterocycles. The van der Waals surface area contributed by atoms with Gasteiger partial charge in [0, 0.05) is 17.1 Å². The van der Waals surface area contributed by atoms with E-state index in [9.17, 15) is 4.79 Å². The predicted molar refractivity (Wildman–Crippen MR) is 108 cm³/mol. The number of carbonyl (C=O) groups excluding carboxylic acids is 1. The van der Waals surface area contributed by atoms with E-state index in [-0.39, 0.29) is 11.7 Å². The smallest absolute Gasteiger partial charge is 0.230 e. The van der Waals surface area contributed by atoms with Gasteiger partial charge in [0.15, 0.2) is 0 Å². The summed E-state index contributed by atoms with van der Waals surface area (Å²) >= 11 is 7.24. The summed E-state index contributed by atoms with van der Waals surface area (Å²) in [4.78, 5) is 12.0. The summed E-state index contributed by atoms with van der Waals surface area (Å²) in [5.41, 5.74) is 2.69. The fraction of sp³-hybridized carbons (Fsp3) is 0.150. The van der Waals surface area contributed by atoms with Crippen LogP contribution in [0.3, 0.4) is 0 Å². The first kappa shape index (κ1) is 19.2. The molecule has 0 saturated carbocycles. The van der Waals surface area contributed by atoms with E-state index in [4.69, 9.17) is 16.3 Å². The van der Waals surface area contributed by atoms with Crippen LogP contribution >= 0.6 is 23.4 Å². The van der Waals surface area contributed by atoms with Crippen LogP contribution in [0.2, 0.25) is 5.02 Å². The predicted octanol–water partition coefficient (Wildman–Crippen LogP) is 4.21. The van der Waals surface area contributed by atoms with Crippen molar-refractivity contribution in [1.29, 1.82) is 0 Å². The van der Waals surface area contributed by atoms with E-state index in [0.717, 1.165) is 22.6 Å². The van der Waals surface area contributed by atoms with E-state index < -0.39 is 0 Å². The Balaban J connectivity index is 1.49. The Morgan fingerprint density at radius 3 is 2.63 bits per heavy atom. The molecule has 138 valence electrons. The quantitative estimate of drug-likeness (QED) is 0.603. The van der Waals surface area contributed by atoms with E-state index >= 15 is 0 Å². The molecule has 1 amide bonds. The Kier molecular flexibility index (Phi) is 6.68. The molecule has 0 atom stereocenters. The van der Waals surface area contributed by atoms with Crippen LogP contribution in [-0.4, -0.2) is 29.0 Å². The number of thioether (sulfide) groups is 1. The van der Waals surface area contributed by atoms with Crippen LogP contribution in [0.1, 0.15) is 5.56 Å². The molecule has 0 unspecified atom stereocenters. The van der Waals surface area contributed by atoms with Gasteiger partial charge in [-0.2, -0.15) is 0 Å². The van der Waals surface area contributed by atoms with Gasteiger partial charge in [0.2, 0.25) is 5.91 Å². The number of methoxy groups -OCH3 is 1.